The molecule has 0 aliphatic heterocycles. The fourth-order valence-electron chi connectivity index (χ4n) is 2.44. The molecule has 0 atom stereocenters. The van der Waals surface area contributed by atoms with Crippen LogP contribution in [0.4, 0.5) is 11.4 Å². The quantitative estimate of drug-likeness (QED) is 0.579. The fourth-order valence-corrected chi connectivity index (χ4v) is 2.44. The molecule has 0 aliphatic rings. The van der Waals surface area contributed by atoms with Crippen LogP contribution in [-0.2, 0) is 0 Å². The van der Waals surface area contributed by atoms with E-state index < -0.39 is 0 Å². The van der Waals surface area contributed by atoms with Crippen molar-refractivity contribution in [2.24, 2.45) is 0 Å². The molecule has 22 heavy (non-hydrogen) atoms. The number of anilines is 2. The summed E-state index contributed by atoms with van der Waals surface area (Å²) in [4.78, 5) is 12.8. The van der Waals surface area contributed by atoms with Crippen LogP contribution in [0.25, 0.3) is 11.2 Å². The summed E-state index contributed by atoms with van der Waals surface area (Å²) in [6, 6.07) is 20.3. The lowest BCUT2D eigenvalue weighted by atomic mass is 10.2. The number of imidazole rings is 1. The fraction of sp³-hybridized carbons (Fsp3) is 0. The molecule has 0 N–H and O–H groups in total. The van der Waals surface area contributed by atoms with Crippen LogP contribution in [0.5, 0.6) is 0 Å². The average molecular weight is 287 g/mol. The number of hydrogen-bond acceptors (Lipinski definition) is 4. The lowest BCUT2D eigenvalue weighted by Crippen LogP contribution is -2.23. The maximum atomic E-state index is 4.39. The van der Waals surface area contributed by atoms with Gasteiger partial charge in [-0.1, -0.05) is 36.4 Å². The predicted molar refractivity (Wildman–Crippen MR) is 85.7 cm³/mol. The molecule has 2 heterocycles. The van der Waals surface area contributed by atoms with Gasteiger partial charge in [0.25, 0.3) is 0 Å². The smallest absolute Gasteiger partial charge is 0.182 e. The third kappa shape index (κ3) is 2.09. The Kier molecular flexibility index (Phi) is 3.01. The second kappa shape index (κ2) is 5.29. The van der Waals surface area contributed by atoms with Crippen molar-refractivity contribution in [3.63, 3.8) is 0 Å². The van der Waals surface area contributed by atoms with Crippen molar-refractivity contribution < 1.29 is 0 Å². The molecule has 106 valence electrons. The molecule has 0 aliphatic carbocycles. The van der Waals surface area contributed by atoms with Crippen LogP contribution in [0.1, 0.15) is 0 Å². The number of benzene rings is 2. The molecule has 5 heteroatoms. The highest BCUT2D eigenvalue weighted by molar-refractivity contribution is 5.73. The summed E-state index contributed by atoms with van der Waals surface area (Å²) in [6.45, 7) is 0. The third-order valence-corrected chi connectivity index (χ3v) is 3.41. The van der Waals surface area contributed by atoms with Gasteiger partial charge in [-0.05, 0) is 24.3 Å². The van der Waals surface area contributed by atoms with Crippen LogP contribution in [0.15, 0.2) is 79.5 Å². The third-order valence-electron chi connectivity index (χ3n) is 3.41. The van der Waals surface area contributed by atoms with Crippen molar-refractivity contribution in [2.75, 3.05) is 5.01 Å². The first kappa shape index (κ1) is 12.5. The van der Waals surface area contributed by atoms with E-state index in [0.717, 1.165) is 22.5 Å². The molecule has 0 spiro atoms. The highest BCUT2D eigenvalue weighted by Crippen LogP contribution is 2.27. The lowest BCUT2D eigenvalue weighted by molar-refractivity contribution is 0.829. The number of nitrogens with zero attached hydrogens (tertiary/aromatic N) is 5. The van der Waals surface area contributed by atoms with Gasteiger partial charge in [0, 0.05) is 0 Å². The SMILES string of the molecule is c1ccc(N(c2ccccc2)n2cnc3cncnc32)cc1. The first-order chi connectivity index (χ1) is 10.9. The van der Waals surface area contributed by atoms with E-state index in [2.05, 4.69) is 44.2 Å². The van der Waals surface area contributed by atoms with E-state index in [1.807, 2.05) is 41.1 Å². The second-order valence-corrected chi connectivity index (χ2v) is 4.80. The topological polar surface area (TPSA) is 46.8 Å². The summed E-state index contributed by atoms with van der Waals surface area (Å²) in [5.41, 5.74) is 3.60. The first-order valence-electron chi connectivity index (χ1n) is 6.97. The van der Waals surface area contributed by atoms with E-state index in [4.69, 9.17) is 0 Å². The van der Waals surface area contributed by atoms with E-state index in [9.17, 15) is 0 Å². The Morgan fingerprint density at radius 1 is 0.773 bits per heavy atom. The molecule has 5 nitrogen and oxygen atoms in total. The first-order valence-corrected chi connectivity index (χ1v) is 6.97. The molecule has 0 amide bonds. The summed E-state index contributed by atoms with van der Waals surface area (Å²) >= 11 is 0. The predicted octanol–water partition coefficient (Wildman–Crippen LogP) is 3.43. The molecule has 0 saturated heterocycles. The van der Waals surface area contributed by atoms with Crippen LogP contribution in [-0.4, -0.2) is 19.6 Å². The van der Waals surface area contributed by atoms with Crippen molar-refractivity contribution in [3.05, 3.63) is 79.5 Å². The number of rotatable bonds is 3. The molecule has 2 aromatic heterocycles. The van der Waals surface area contributed by atoms with E-state index in [0.29, 0.717) is 0 Å². The number of hydrogen-bond donors (Lipinski definition) is 0. The molecule has 0 fully saturated rings. The summed E-state index contributed by atoms with van der Waals surface area (Å²) in [7, 11) is 0. The zero-order valence-corrected chi connectivity index (χ0v) is 11.7. The van der Waals surface area contributed by atoms with E-state index in [1.165, 1.54) is 6.33 Å². The second-order valence-electron chi connectivity index (χ2n) is 4.80. The maximum Gasteiger partial charge on any atom is 0.182 e. The van der Waals surface area contributed by atoms with Crippen LogP contribution in [0, 0.1) is 0 Å². The number of para-hydroxylation sites is 2. The van der Waals surface area contributed by atoms with Gasteiger partial charge in [0.05, 0.1) is 17.6 Å². The Morgan fingerprint density at radius 2 is 1.41 bits per heavy atom. The molecule has 0 unspecified atom stereocenters. The van der Waals surface area contributed by atoms with Crippen LogP contribution >= 0.6 is 0 Å². The van der Waals surface area contributed by atoms with Crippen molar-refractivity contribution in [1.82, 2.24) is 19.6 Å². The highest BCUT2D eigenvalue weighted by Gasteiger charge is 2.14. The molecule has 2 aromatic carbocycles. The lowest BCUT2D eigenvalue weighted by Gasteiger charge is -2.25. The minimum absolute atomic E-state index is 0.763. The maximum absolute atomic E-state index is 4.39. The summed E-state index contributed by atoms with van der Waals surface area (Å²) < 4.78 is 1.93. The molecule has 0 bridgehead atoms. The summed E-state index contributed by atoms with van der Waals surface area (Å²) in [5.74, 6) is 0. The standard InChI is InChI=1S/C17H13N5/c1-3-7-14(8-4-1)22(15-9-5-2-6-10-15)21-13-20-16-11-18-12-19-17(16)21/h1-13H. The normalized spacial score (nSPS) is 10.7. The van der Waals surface area contributed by atoms with Crippen molar-refractivity contribution in [1.29, 1.82) is 0 Å². The Balaban J connectivity index is 1.95. The van der Waals surface area contributed by atoms with Crippen molar-refractivity contribution >= 4 is 22.5 Å². The largest absolute Gasteiger partial charge is 0.247 e. The Bertz CT molecular complexity index is 847. The number of fused-ring (bicyclic) bond motifs is 1. The van der Waals surface area contributed by atoms with Gasteiger partial charge in [-0.25, -0.2) is 24.6 Å². The molecule has 4 aromatic rings. The van der Waals surface area contributed by atoms with Crippen LogP contribution < -0.4 is 5.01 Å². The van der Waals surface area contributed by atoms with Crippen LogP contribution in [0.3, 0.4) is 0 Å². The molecule has 0 saturated carbocycles. The summed E-state index contributed by atoms with van der Waals surface area (Å²) in [6.07, 6.45) is 5.01. The van der Waals surface area contributed by atoms with Gasteiger partial charge in [0.15, 0.2) is 5.65 Å². The number of aromatic nitrogens is 4. The van der Waals surface area contributed by atoms with Crippen LogP contribution in [0.2, 0.25) is 0 Å². The zero-order chi connectivity index (χ0) is 14.8. The molecular weight excluding hydrogens is 274 g/mol. The Hall–Kier alpha value is -3.21. The van der Waals surface area contributed by atoms with E-state index >= 15 is 0 Å². The summed E-state index contributed by atoms with van der Waals surface area (Å²) in [5, 5.41) is 2.07. The Labute approximate surface area is 127 Å². The molecule has 0 radical (unpaired) electrons. The molecular formula is C17H13N5. The van der Waals surface area contributed by atoms with Crippen molar-refractivity contribution in [2.45, 2.75) is 0 Å². The van der Waals surface area contributed by atoms with Gasteiger partial charge in [0.2, 0.25) is 0 Å². The van der Waals surface area contributed by atoms with Gasteiger partial charge in [-0.15, -0.1) is 0 Å². The monoisotopic (exact) mass is 287 g/mol. The van der Waals surface area contributed by atoms with Gasteiger partial charge >= 0.3 is 0 Å². The van der Waals surface area contributed by atoms with E-state index in [-0.39, 0.29) is 0 Å². The highest BCUT2D eigenvalue weighted by atomic mass is 15.6. The van der Waals surface area contributed by atoms with Gasteiger partial charge in [-0.2, -0.15) is 0 Å². The minimum atomic E-state index is 0.763. The Morgan fingerprint density at radius 3 is 2.05 bits per heavy atom. The van der Waals surface area contributed by atoms with Gasteiger partial charge < -0.3 is 0 Å². The molecule has 4 rings (SSSR count). The van der Waals surface area contributed by atoms with Crippen molar-refractivity contribution in [3.8, 4) is 0 Å². The van der Waals surface area contributed by atoms with E-state index in [1.54, 1.807) is 12.5 Å². The minimum Gasteiger partial charge on any atom is -0.247 e. The zero-order valence-electron chi connectivity index (χ0n) is 11.7. The average Bonchev–Trinajstić information content (AvgIpc) is 3.01. The van der Waals surface area contributed by atoms with Gasteiger partial charge in [-0.3, -0.25) is 0 Å². The van der Waals surface area contributed by atoms with Gasteiger partial charge in [0.1, 0.15) is 18.2 Å².